The molecule has 1 saturated heterocycles. The minimum atomic E-state index is -1.19. The second kappa shape index (κ2) is 10.2. The van der Waals surface area contributed by atoms with E-state index in [2.05, 4.69) is 36.2 Å². The summed E-state index contributed by atoms with van der Waals surface area (Å²) in [4.78, 5) is 53.2. The number of aliphatic carboxylic acids is 1. The molecule has 0 saturated carbocycles. The molecule has 15 heteroatoms. The quantitative estimate of drug-likeness (QED) is 0.161. The predicted octanol–water partition coefficient (Wildman–Crippen LogP) is 1.71. The minimum absolute atomic E-state index is 0.0559. The molecule has 0 unspecified atom stereocenters. The van der Waals surface area contributed by atoms with Crippen LogP contribution in [0.4, 0.5) is 5.13 Å². The van der Waals surface area contributed by atoms with E-state index in [9.17, 15) is 19.5 Å². The van der Waals surface area contributed by atoms with Crippen molar-refractivity contribution in [3.05, 3.63) is 45.8 Å². The predicted molar refractivity (Wildman–Crippen MR) is 148 cm³/mol. The smallest absolute Gasteiger partial charge is 0.352 e. The molecule has 5 rings (SSSR count). The van der Waals surface area contributed by atoms with Gasteiger partial charge in [-0.3, -0.25) is 14.5 Å². The molecule has 2 aliphatic heterocycles. The molecule has 0 bridgehead atoms. The highest BCUT2D eigenvalue weighted by Gasteiger charge is 2.54. The molecule has 0 spiro atoms. The number of nitrogens with one attached hydrogen (secondary N) is 1. The fraction of sp³-hybridized carbons (Fsp3) is 0.375. The summed E-state index contributed by atoms with van der Waals surface area (Å²) < 4.78 is 2.90. The van der Waals surface area contributed by atoms with Crippen molar-refractivity contribution in [3.8, 4) is 0 Å². The first-order valence-corrected chi connectivity index (χ1v) is 14.6. The summed E-state index contributed by atoms with van der Waals surface area (Å²) in [7, 11) is 1.29. The van der Waals surface area contributed by atoms with E-state index < -0.39 is 29.2 Å². The van der Waals surface area contributed by atoms with E-state index in [1.165, 1.54) is 23.8 Å². The number of pyridine rings is 1. The Labute approximate surface area is 235 Å². The van der Waals surface area contributed by atoms with Gasteiger partial charge in [-0.2, -0.15) is 4.57 Å². The van der Waals surface area contributed by atoms with E-state index in [1.807, 2.05) is 23.0 Å². The summed E-state index contributed by atoms with van der Waals surface area (Å²) in [6.07, 6.45) is 3.81. The number of amides is 2. The molecule has 0 aromatic carbocycles. The average Bonchev–Trinajstić information content (AvgIpc) is 3.51. The van der Waals surface area contributed by atoms with Crippen molar-refractivity contribution in [2.45, 2.75) is 44.1 Å². The number of carbonyl (C=O) groups excluding carboxylic acids is 2. The average molecular weight is 589 g/mol. The number of rotatable bonds is 7. The molecular formula is C24H26N7O5S3+. The number of β-lactam (4-membered cyclic amide) rings is 1. The number of anilines is 1. The highest BCUT2D eigenvalue weighted by molar-refractivity contribution is 8.00. The molecule has 0 aliphatic carbocycles. The Kier molecular flexibility index (Phi) is 7.07. The van der Waals surface area contributed by atoms with E-state index in [0.29, 0.717) is 17.9 Å². The second-order valence-corrected chi connectivity index (χ2v) is 13.0. The number of aromatic nitrogens is 3. The maximum Gasteiger partial charge on any atom is 0.352 e. The number of thioether (sulfide) groups is 1. The van der Waals surface area contributed by atoms with Crippen LogP contribution in [0.3, 0.4) is 0 Å². The van der Waals surface area contributed by atoms with Crippen molar-refractivity contribution in [2.24, 2.45) is 5.16 Å². The second-order valence-electron chi connectivity index (χ2n) is 9.95. The van der Waals surface area contributed by atoms with Crippen LogP contribution in [0, 0.1) is 0 Å². The van der Waals surface area contributed by atoms with Crippen molar-refractivity contribution in [1.29, 1.82) is 0 Å². The topological polar surface area (TPSA) is 164 Å². The van der Waals surface area contributed by atoms with Crippen LogP contribution in [0.2, 0.25) is 0 Å². The number of oxime groups is 1. The monoisotopic (exact) mass is 588 g/mol. The first kappa shape index (κ1) is 27.0. The van der Waals surface area contributed by atoms with Gasteiger partial charge in [0.05, 0.1) is 10.5 Å². The number of nitrogen functional groups attached to an aromatic ring is 1. The first-order chi connectivity index (χ1) is 18.5. The number of hydrogen-bond acceptors (Lipinski definition) is 11. The molecule has 4 N–H and O–H groups in total. The molecule has 0 radical (unpaired) electrons. The SMILES string of the molecule is CO/N=C(\C(=O)N[C@@H]1C(=O)N2C(C(=O)O)=C(C[n+]3ccc4nc(C(C)(C)C)sc4c3)CS[C@H]12)c1csc(N)n1. The Morgan fingerprint density at radius 3 is 2.77 bits per heavy atom. The van der Waals surface area contributed by atoms with Gasteiger partial charge >= 0.3 is 5.97 Å². The van der Waals surface area contributed by atoms with Crippen LogP contribution >= 0.6 is 34.4 Å². The van der Waals surface area contributed by atoms with Gasteiger partial charge in [0.2, 0.25) is 0 Å². The van der Waals surface area contributed by atoms with Gasteiger partial charge in [0.25, 0.3) is 11.8 Å². The van der Waals surface area contributed by atoms with E-state index in [0.717, 1.165) is 26.6 Å². The van der Waals surface area contributed by atoms with Gasteiger partial charge < -0.3 is 21.0 Å². The van der Waals surface area contributed by atoms with Gasteiger partial charge in [-0.25, -0.2) is 14.8 Å². The third kappa shape index (κ3) is 5.08. The molecule has 2 aliphatic rings. The summed E-state index contributed by atoms with van der Waals surface area (Å²) in [6.45, 7) is 6.63. The molecule has 39 heavy (non-hydrogen) atoms. The van der Waals surface area contributed by atoms with Crippen molar-refractivity contribution in [3.63, 3.8) is 0 Å². The molecule has 204 valence electrons. The van der Waals surface area contributed by atoms with E-state index in [-0.39, 0.29) is 27.6 Å². The normalized spacial score (nSPS) is 19.6. The summed E-state index contributed by atoms with van der Waals surface area (Å²) in [5, 5.41) is 18.7. The molecule has 1 fully saturated rings. The molecular weight excluding hydrogens is 563 g/mol. The highest BCUT2D eigenvalue weighted by Crippen LogP contribution is 2.40. The molecule has 2 atom stereocenters. The lowest BCUT2D eigenvalue weighted by molar-refractivity contribution is -0.687. The maximum atomic E-state index is 13.1. The lowest BCUT2D eigenvalue weighted by atomic mass is 9.98. The lowest BCUT2D eigenvalue weighted by Crippen LogP contribution is -2.71. The van der Waals surface area contributed by atoms with Crippen LogP contribution < -0.4 is 15.6 Å². The maximum absolute atomic E-state index is 13.1. The number of thiazole rings is 2. The Morgan fingerprint density at radius 1 is 1.36 bits per heavy atom. The number of carboxylic acids is 1. The summed E-state index contributed by atoms with van der Waals surface area (Å²) in [6, 6.07) is 0.990. The third-order valence-electron chi connectivity index (χ3n) is 6.10. The van der Waals surface area contributed by atoms with Gasteiger partial charge in [0, 0.05) is 28.2 Å². The molecule has 3 aromatic rings. The van der Waals surface area contributed by atoms with Gasteiger partial charge in [0.1, 0.15) is 34.6 Å². The van der Waals surface area contributed by atoms with Crippen molar-refractivity contribution in [1.82, 2.24) is 20.2 Å². The standard InChI is InChI=1S/C24H25N7O5S3/c1-24(2,3)22-26-12-5-6-30(8-14(12)39-22)7-11-9-37-20-16(19(33)31(20)17(11)21(34)35)28-18(32)15(29-36-4)13-10-38-23(25)27-13/h5-6,8,10,16,20H,7,9H2,1-4H3,(H3-,25,27,28,32,34,35)/p+1/b29-15-/t16-,20-/m1/s1. The van der Waals surface area contributed by atoms with Gasteiger partial charge in [-0.05, 0) is 0 Å². The number of carboxylic acid groups (broad SMARTS) is 1. The Bertz CT molecular complexity index is 1550. The van der Waals surface area contributed by atoms with Crippen LogP contribution in [-0.4, -0.2) is 67.7 Å². The summed E-state index contributed by atoms with van der Waals surface area (Å²) in [5.41, 5.74) is 7.12. The number of hydrogen-bond donors (Lipinski definition) is 3. The zero-order valence-electron chi connectivity index (χ0n) is 21.5. The largest absolute Gasteiger partial charge is 0.477 e. The molecule has 12 nitrogen and oxygen atoms in total. The van der Waals surface area contributed by atoms with Crippen LogP contribution in [0.1, 0.15) is 31.5 Å². The van der Waals surface area contributed by atoms with Gasteiger partial charge in [-0.1, -0.05) is 25.9 Å². The number of fused-ring (bicyclic) bond motifs is 2. The Morgan fingerprint density at radius 2 is 2.13 bits per heavy atom. The van der Waals surface area contributed by atoms with E-state index >= 15 is 0 Å². The van der Waals surface area contributed by atoms with Crippen LogP contribution in [0.15, 0.2) is 40.3 Å². The summed E-state index contributed by atoms with van der Waals surface area (Å²) in [5.74, 6) is -1.99. The van der Waals surface area contributed by atoms with Crippen LogP contribution in [0.25, 0.3) is 10.2 Å². The Hall–Kier alpha value is -3.56. The number of nitrogens with two attached hydrogens (primary N) is 1. The summed E-state index contributed by atoms with van der Waals surface area (Å²) >= 11 is 4.14. The van der Waals surface area contributed by atoms with E-state index in [1.54, 1.807) is 16.7 Å². The van der Waals surface area contributed by atoms with Crippen molar-refractivity contribution >= 4 is 73.3 Å². The fourth-order valence-electron chi connectivity index (χ4n) is 4.26. The van der Waals surface area contributed by atoms with Crippen molar-refractivity contribution in [2.75, 3.05) is 18.6 Å². The lowest BCUT2D eigenvalue weighted by Gasteiger charge is -2.49. The fourth-order valence-corrected chi connectivity index (χ4v) is 7.21. The zero-order chi connectivity index (χ0) is 28.1. The van der Waals surface area contributed by atoms with Crippen molar-refractivity contribution < 1.29 is 28.9 Å². The van der Waals surface area contributed by atoms with Crippen LogP contribution in [-0.2, 0) is 31.2 Å². The minimum Gasteiger partial charge on any atom is -0.477 e. The number of nitrogens with zero attached hydrogens (tertiary/aromatic N) is 5. The van der Waals surface area contributed by atoms with Gasteiger partial charge in [0.15, 0.2) is 29.8 Å². The third-order valence-corrected chi connectivity index (χ3v) is 9.55. The van der Waals surface area contributed by atoms with Gasteiger partial charge in [-0.15, -0.1) is 34.4 Å². The highest BCUT2D eigenvalue weighted by atomic mass is 32.2. The molecule has 5 heterocycles. The Balaban J connectivity index is 1.36. The molecule has 2 amide bonds. The number of carbonyl (C=O) groups is 3. The van der Waals surface area contributed by atoms with E-state index in [4.69, 9.17) is 15.6 Å². The molecule has 3 aromatic heterocycles. The first-order valence-electron chi connectivity index (χ1n) is 11.8. The zero-order valence-corrected chi connectivity index (χ0v) is 23.9. The van der Waals surface area contributed by atoms with Crippen LogP contribution in [0.5, 0.6) is 0 Å².